The van der Waals surface area contributed by atoms with E-state index in [1.165, 1.54) is 0 Å². The molecule has 0 radical (unpaired) electrons. The fraction of sp³-hybridized carbons (Fsp3) is 0.833. The first-order valence-electron chi connectivity index (χ1n) is 5.58. The molecule has 0 aromatic heterocycles. The Bertz CT molecular complexity index is 269. The molecule has 3 aliphatic rings. The highest BCUT2D eigenvalue weighted by Crippen LogP contribution is 2.60. The summed E-state index contributed by atoms with van der Waals surface area (Å²) in [5.74, 6) is 1.68. The van der Waals surface area contributed by atoms with Crippen molar-refractivity contribution >= 4 is 0 Å². The lowest BCUT2D eigenvalue weighted by Crippen LogP contribution is -2.36. The van der Waals surface area contributed by atoms with Crippen LogP contribution in [0.25, 0.3) is 0 Å². The van der Waals surface area contributed by atoms with Crippen LogP contribution in [0.15, 0.2) is 12.2 Å². The van der Waals surface area contributed by atoms with E-state index in [9.17, 15) is 10.2 Å². The summed E-state index contributed by atoms with van der Waals surface area (Å²) < 4.78 is 0. The van der Waals surface area contributed by atoms with Crippen molar-refractivity contribution in [3.63, 3.8) is 0 Å². The summed E-state index contributed by atoms with van der Waals surface area (Å²) in [6.45, 7) is 3.97. The Kier molecular flexibility index (Phi) is 1.54. The van der Waals surface area contributed by atoms with Crippen molar-refractivity contribution in [1.29, 1.82) is 0 Å². The third-order valence-electron chi connectivity index (χ3n) is 4.84. The molecule has 2 nitrogen and oxygen atoms in total. The van der Waals surface area contributed by atoms with Gasteiger partial charge in [0.15, 0.2) is 0 Å². The fourth-order valence-electron chi connectivity index (χ4n) is 3.95. The third-order valence-corrected chi connectivity index (χ3v) is 4.84. The van der Waals surface area contributed by atoms with Gasteiger partial charge in [0.25, 0.3) is 0 Å². The van der Waals surface area contributed by atoms with Crippen molar-refractivity contribution in [1.82, 2.24) is 0 Å². The number of aliphatic hydroxyl groups is 2. The van der Waals surface area contributed by atoms with Gasteiger partial charge in [-0.15, -0.1) is 0 Å². The minimum Gasteiger partial charge on any atom is -0.392 e. The molecule has 14 heavy (non-hydrogen) atoms. The second-order valence-corrected chi connectivity index (χ2v) is 5.81. The van der Waals surface area contributed by atoms with Gasteiger partial charge in [0.1, 0.15) is 0 Å². The van der Waals surface area contributed by atoms with Crippen LogP contribution in [0.2, 0.25) is 0 Å². The van der Waals surface area contributed by atoms with Crippen molar-refractivity contribution in [3.05, 3.63) is 12.2 Å². The Balaban J connectivity index is 2.02. The molecule has 2 saturated carbocycles. The van der Waals surface area contributed by atoms with Crippen LogP contribution in [-0.2, 0) is 0 Å². The minimum absolute atomic E-state index is 0.315. The smallest absolute Gasteiger partial charge is 0.0653 e. The van der Waals surface area contributed by atoms with Crippen molar-refractivity contribution in [2.45, 2.75) is 32.5 Å². The maximum Gasteiger partial charge on any atom is 0.0653 e. The molecule has 0 aromatic rings. The van der Waals surface area contributed by atoms with Gasteiger partial charge < -0.3 is 10.2 Å². The van der Waals surface area contributed by atoms with Crippen molar-refractivity contribution in [3.8, 4) is 0 Å². The average Bonchev–Trinajstić information content (AvgIpc) is 2.76. The zero-order valence-corrected chi connectivity index (χ0v) is 8.72. The molecule has 3 rings (SSSR count). The molecule has 2 bridgehead atoms. The Labute approximate surface area is 84.6 Å². The molecular weight excluding hydrogens is 176 g/mol. The van der Waals surface area contributed by atoms with Gasteiger partial charge in [-0.2, -0.15) is 0 Å². The van der Waals surface area contributed by atoms with Crippen molar-refractivity contribution < 1.29 is 10.2 Å². The number of hydrogen-bond acceptors (Lipinski definition) is 2. The molecule has 0 aliphatic heterocycles. The van der Waals surface area contributed by atoms with Gasteiger partial charge in [-0.3, -0.25) is 0 Å². The first-order chi connectivity index (χ1) is 6.53. The zero-order valence-electron chi connectivity index (χ0n) is 8.72. The summed E-state index contributed by atoms with van der Waals surface area (Å²) in [5, 5.41) is 20.5. The second-order valence-electron chi connectivity index (χ2n) is 5.81. The van der Waals surface area contributed by atoms with Gasteiger partial charge in [0.05, 0.1) is 12.2 Å². The van der Waals surface area contributed by atoms with Crippen molar-refractivity contribution in [2.75, 3.05) is 0 Å². The summed E-state index contributed by atoms with van der Waals surface area (Å²) in [5.41, 5.74) is -0.321. The van der Waals surface area contributed by atoms with E-state index in [4.69, 9.17) is 0 Å². The van der Waals surface area contributed by atoms with Crippen LogP contribution >= 0.6 is 0 Å². The Morgan fingerprint density at radius 2 is 1.43 bits per heavy atom. The van der Waals surface area contributed by atoms with E-state index < -0.39 is 0 Å². The SMILES string of the molecule is CC1(C)[C@H](O)[C@H]2[C@H]([C@H]1O)[C@H]1C=C[C@H]2C1. The second kappa shape index (κ2) is 2.42. The van der Waals surface area contributed by atoms with E-state index in [0.29, 0.717) is 23.7 Å². The molecule has 6 atom stereocenters. The Hall–Kier alpha value is -0.340. The van der Waals surface area contributed by atoms with Gasteiger partial charge in [0, 0.05) is 5.41 Å². The van der Waals surface area contributed by atoms with Gasteiger partial charge >= 0.3 is 0 Å². The minimum atomic E-state index is -0.331. The lowest BCUT2D eigenvalue weighted by molar-refractivity contribution is -0.0195. The number of aliphatic hydroxyl groups excluding tert-OH is 2. The van der Waals surface area contributed by atoms with Crippen LogP contribution < -0.4 is 0 Å². The van der Waals surface area contributed by atoms with Gasteiger partial charge in [0.2, 0.25) is 0 Å². The fourth-order valence-corrected chi connectivity index (χ4v) is 3.95. The molecule has 0 unspecified atom stereocenters. The summed E-state index contributed by atoms with van der Waals surface area (Å²) in [7, 11) is 0. The van der Waals surface area contributed by atoms with Crippen LogP contribution in [0.4, 0.5) is 0 Å². The summed E-state index contributed by atoms with van der Waals surface area (Å²) in [4.78, 5) is 0. The number of rotatable bonds is 0. The average molecular weight is 194 g/mol. The number of hydrogen-bond donors (Lipinski definition) is 2. The zero-order chi connectivity index (χ0) is 10.1. The molecule has 2 fully saturated rings. The quantitative estimate of drug-likeness (QED) is 0.569. The highest BCUT2D eigenvalue weighted by Gasteiger charge is 2.62. The normalized spacial score (nSPS) is 58.0. The predicted molar refractivity (Wildman–Crippen MR) is 53.5 cm³/mol. The van der Waals surface area contributed by atoms with E-state index in [1.807, 2.05) is 13.8 Å². The maximum atomic E-state index is 10.2. The highest BCUT2D eigenvalue weighted by atomic mass is 16.3. The molecule has 0 aromatic carbocycles. The highest BCUT2D eigenvalue weighted by molar-refractivity contribution is 5.21. The number of allylic oxidation sites excluding steroid dienone is 2. The summed E-state index contributed by atoms with van der Waals surface area (Å²) >= 11 is 0. The lowest BCUT2D eigenvalue weighted by Gasteiger charge is -2.29. The molecular formula is C12H18O2. The Morgan fingerprint density at radius 3 is 1.86 bits per heavy atom. The monoisotopic (exact) mass is 194 g/mol. The molecule has 0 saturated heterocycles. The van der Waals surface area contributed by atoms with Gasteiger partial charge in [-0.1, -0.05) is 26.0 Å². The summed E-state index contributed by atoms with van der Waals surface area (Å²) in [6, 6.07) is 0. The van der Waals surface area contributed by atoms with Gasteiger partial charge in [-0.25, -0.2) is 0 Å². The largest absolute Gasteiger partial charge is 0.392 e. The van der Waals surface area contributed by atoms with Crippen LogP contribution in [0.5, 0.6) is 0 Å². The van der Waals surface area contributed by atoms with Gasteiger partial charge in [-0.05, 0) is 30.1 Å². The molecule has 2 N–H and O–H groups in total. The number of fused-ring (bicyclic) bond motifs is 5. The maximum absolute atomic E-state index is 10.2. The third kappa shape index (κ3) is 0.801. The standard InChI is InChI=1S/C12H18O2/c1-12(2)10(13)8-6-3-4-7(5-6)9(8)11(12)14/h3-4,6-11,13-14H,5H2,1-2H3/t6-,7-,8+,9+,10+,11+/m0/s1. The topological polar surface area (TPSA) is 40.5 Å². The van der Waals surface area contributed by atoms with E-state index in [0.717, 1.165) is 6.42 Å². The van der Waals surface area contributed by atoms with Crippen LogP contribution in [0.3, 0.4) is 0 Å². The van der Waals surface area contributed by atoms with Crippen LogP contribution in [-0.4, -0.2) is 22.4 Å². The molecule has 0 spiro atoms. The van der Waals surface area contributed by atoms with E-state index in [-0.39, 0.29) is 17.6 Å². The first kappa shape index (κ1) is 8.93. The lowest BCUT2D eigenvalue weighted by atomic mass is 9.82. The predicted octanol–water partition coefficient (Wildman–Crippen LogP) is 1.19. The Morgan fingerprint density at radius 1 is 1.00 bits per heavy atom. The molecule has 2 heteroatoms. The van der Waals surface area contributed by atoms with Crippen molar-refractivity contribution in [2.24, 2.45) is 29.1 Å². The van der Waals surface area contributed by atoms with E-state index in [2.05, 4.69) is 12.2 Å². The molecule has 0 amide bonds. The summed E-state index contributed by atoms with van der Waals surface area (Å²) in [6.07, 6.45) is 4.97. The van der Waals surface area contributed by atoms with E-state index in [1.54, 1.807) is 0 Å². The molecule has 3 aliphatic carbocycles. The molecule has 78 valence electrons. The van der Waals surface area contributed by atoms with Crippen LogP contribution in [0, 0.1) is 29.1 Å². The van der Waals surface area contributed by atoms with E-state index >= 15 is 0 Å². The van der Waals surface area contributed by atoms with Crippen LogP contribution in [0.1, 0.15) is 20.3 Å². The first-order valence-corrected chi connectivity index (χ1v) is 5.58. The molecule has 0 heterocycles.